The van der Waals surface area contributed by atoms with E-state index in [2.05, 4.69) is 15.3 Å². The fourth-order valence-corrected chi connectivity index (χ4v) is 2.11. The van der Waals surface area contributed by atoms with Gasteiger partial charge in [0.1, 0.15) is 0 Å². The van der Waals surface area contributed by atoms with E-state index in [1.165, 1.54) is 0 Å². The first-order valence-corrected chi connectivity index (χ1v) is 7.08. The van der Waals surface area contributed by atoms with Crippen molar-refractivity contribution in [3.05, 3.63) is 59.9 Å². The van der Waals surface area contributed by atoms with Gasteiger partial charge in [-0.1, -0.05) is 17.7 Å². The van der Waals surface area contributed by atoms with Gasteiger partial charge in [-0.15, -0.1) is 0 Å². The summed E-state index contributed by atoms with van der Waals surface area (Å²) in [5.41, 5.74) is 3.63. The van der Waals surface area contributed by atoms with E-state index in [4.69, 9.17) is 4.74 Å². The molecule has 1 amide bonds. The first-order valence-electron chi connectivity index (χ1n) is 7.08. The van der Waals surface area contributed by atoms with E-state index in [9.17, 15) is 9.59 Å². The van der Waals surface area contributed by atoms with Gasteiger partial charge in [0.2, 0.25) is 0 Å². The highest BCUT2D eigenvalue weighted by atomic mass is 16.5. The Bertz CT molecular complexity index is 853. The largest absolute Gasteiger partial charge is 0.452 e. The fraction of sp³-hybridized carbons (Fsp3) is 0.118. The van der Waals surface area contributed by atoms with Crippen molar-refractivity contribution in [1.29, 1.82) is 0 Å². The molecule has 0 saturated carbocycles. The Morgan fingerprint density at radius 1 is 1.17 bits per heavy atom. The SMILES string of the molecule is Cc1ccc(NC(=O)COC(=O)c2ccc3nc[nH]c3c2)cc1. The summed E-state index contributed by atoms with van der Waals surface area (Å²) in [6.45, 7) is 1.62. The van der Waals surface area contributed by atoms with Crippen LogP contribution in [0.1, 0.15) is 15.9 Å². The van der Waals surface area contributed by atoms with Crippen LogP contribution in [0, 0.1) is 6.92 Å². The summed E-state index contributed by atoms with van der Waals surface area (Å²) in [6.07, 6.45) is 1.55. The molecule has 116 valence electrons. The Morgan fingerprint density at radius 3 is 2.74 bits per heavy atom. The first kappa shape index (κ1) is 14.8. The maximum Gasteiger partial charge on any atom is 0.338 e. The molecule has 3 rings (SSSR count). The summed E-state index contributed by atoms with van der Waals surface area (Å²) in [5.74, 6) is -0.939. The van der Waals surface area contributed by atoms with E-state index in [-0.39, 0.29) is 12.5 Å². The lowest BCUT2D eigenvalue weighted by molar-refractivity contribution is -0.119. The number of fused-ring (bicyclic) bond motifs is 1. The predicted octanol–water partition coefficient (Wildman–Crippen LogP) is 2.67. The molecule has 1 aromatic heterocycles. The molecule has 0 aliphatic carbocycles. The third kappa shape index (κ3) is 3.55. The molecule has 0 unspecified atom stereocenters. The van der Waals surface area contributed by atoms with E-state index in [1.807, 2.05) is 19.1 Å². The van der Waals surface area contributed by atoms with Crippen LogP contribution in [0.5, 0.6) is 0 Å². The molecule has 23 heavy (non-hydrogen) atoms. The van der Waals surface area contributed by atoms with Gasteiger partial charge in [-0.3, -0.25) is 4.79 Å². The van der Waals surface area contributed by atoms with Gasteiger partial charge in [-0.05, 0) is 37.3 Å². The minimum Gasteiger partial charge on any atom is -0.452 e. The molecule has 2 aromatic carbocycles. The number of hydrogen-bond donors (Lipinski definition) is 2. The second-order valence-corrected chi connectivity index (χ2v) is 5.12. The molecule has 0 radical (unpaired) electrons. The van der Waals surface area contributed by atoms with Crippen LogP contribution >= 0.6 is 0 Å². The molecular formula is C17H15N3O3. The van der Waals surface area contributed by atoms with Crippen LogP contribution in [0.25, 0.3) is 11.0 Å². The quantitative estimate of drug-likeness (QED) is 0.726. The number of rotatable bonds is 4. The number of nitrogens with one attached hydrogen (secondary N) is 2. The molecule has 6 nitrogen and oxygen atoms in total. The third-order valence-corrected chi connectivity index (χ3v) is 3.33. The monoisotopic (exact) mass is 309 g/mol. The molecule has 0 atom stereocenters. The number of esters is 1. The Morgan fingerprint density at radius 2 is 1.96 bits per heavy atom. The molecule has 0 bridgehead atoms. The lowest BCUT2D eigenvalue weighted by Crippen LogP contribution is -2.20. The lowest BCUT2D eigenvalue weighted by atomic mass is 10.2. The normalized spacial score (nSPS) is 10.5. The number of imidazole rings is 1. The predicted molar refractivity (Wildman–Crippen MR) is 86.2 cm³/mol. The second-order valence-electron chi connectivity index (χ2n) is 5.12. The highest BCUT2D eigenvalue weighted by molar-refractivity contribution is 5.97. The number of carbonyl (C=O) groups excluding carboxylic acids is 2. The number of hydrogen-bond acceptors (Lipinski definition) is 4. The van der Waals surface area contributed by atoms with Crippen LogP contribution in [0.3, 0.4) is 0 Å². The van der Waals surface area contributed by atoms with Gasteiger partial charge in [-0.25, -0.2) is 9.78 Å². The standard InChI is InChI=1S/C17H15N3O3/c1-11-2-5-13(6-3-11)20-16(21)9-23-17(22)12-4-7-14-15(8-12)19-10-18-14/h2-8,10H,9H2,1H3,(H,18,19)(H,20,21). The van der Waals surface area contributed by atoms with E-state index in [0.29, 0.717) is 11.3 Å². The first-order chi connectivity index (χ1) is 11.1. The van der Waals surface area contributed by atoms with Crippen LogP contribution in [0.2, 0.25) is 0 Å². The van der Waals surface area contributed by atoms with Crippen LogP contribution in [-0.4, -0.2) is 28.5 Å². The maximum absolute atomic E-state index is 12.0. The number of anilines is 1. The molecule has 2 N–H and O–H groups in total. The zero-order valence-corrected chi connectivity index (χ0v) is 12.5. The van der Waals surface area contributed by atoms with Gasteiger partial charge in [0.25, 0.3) is 5.91 Å². The zero-order chi connectivity index (χ0) is 16.2. The Labute approximate surface area is 132 Å². The van der Waals surface area contributed by atoms with Crippen molar-refractivity contribution in [2.24, 2.45) is 0 Å². The van der Waals surface area contributed by atoms with Crippen molar-refractivity contribution in [3.8, 4) is 0 Å². The van der Waals surface area contributed by atoms with Gasteiger partial charge >= 0.3 is 5.97 Å². The van der Waals surface area contributed by atoms with Crippen molar-refractivity contribution in [2.45, 2.75) is 6.92 Å². The van der Waals surface area contributed by atoms with E-state index in [1.54, 1.807) is 36.7 Å². The van der Waals surface area contributed by atoms with Crippen LogP contribution < -0.4 is 5.32 Å². The Balaban J connectivity index is 1.57. The van der Waals surface area contributed by atoms with E-state index < -0.39 is 5.97 Å². The number of carbonyl (C=O) groups is 2. The summed E-state index contributed by atoms with van der Waals surface area (Å²) in [4.78, 5) is 30.8. The van der Waals surface area contributed by atoms with Gasteiger partial charge in [-0.2, -0.15) is 0 Å². The van der Waals surface area contributed by atoms with Crippen molar-refractivity contribution in [3.63, 3.8) is 0 Å². The highest BCUT2D eigenvalue weighted by Crippen LogP contribution is 2.13. The van der Waals surface area contributed by atoms with E-state index >= 15 is 0 Å². The number of aromatic nitrogens is 2. The number of ether oxygens (including phenoxy) is 1. The second kappa shape index (κ2) is 6.31. The molecular weight excluding hydrogens is 294 g/mol. The number of aromatic amines is 1. The van der Waals surface area contributed by atoms with Gasteiger partial charge < -0.3 is 15.0 Å². The van der Waals surface area contributed by atoms with Crippen molar-refractivity contribution >= 4 is 28.6 Å². The summed E-state index contributed by atoms with van der Waals surface area (Å²) >= 11 is 0. The molecule has 6 heteroatoms. The zero-order valence-electron chi connectivity index (χ0n) is 12.5. The van der Waals surface area contributed by atoms with Gasteiger partial charge in [0.05, 0.1) is 22.9 Å². The van der Waals surface area contributed by atoms with E-state index in [0.717, 1.165) is 16.6 Å². The van der Waals surface area contributed by atoms with Gasteiger partial charge in [0, 0.05) is 5.69 Å². The minimum absolute atomic E-state index is 0.340. The summed E-state index contributed by atoms with van der Waals surface area (Å²) < 4.78 is 5.03. The molecule has 0 spiro atoms. The average Bonchev–Trinajstić information content (AvgIpc) is 3.02. The summed E-state index contributed by atoms with van der Waals surface area (Å²) in [7, 11) is 0. The van der Waals surface area contributed by atoms with Gasteiger partial charge in [0.15, 0.2) is 6.61 Å². The number of H-pyrrole nitrogens is 1. The fourth-order valence-electron chi connectivity index (χ4n) is 2.11. The average molecular weight is 309 g/mol. The minimum atomic E-state index is -0.555. The van der Waals surface area contributed by atoms with Crippen LogP contribution in [0.4, 0.5) is 5.69 Å². The summed E-state index contributed by atoms with van der Waals surface area (Å²) in [5, 5.41) is 2.67. The molecule has 0 aliphatic heterocycles. The molecule has 1 heterocycles. The smallest absolute Gasteiger partial charge is 0.338 e. The Kier molecular flexibility index (Phi) is 4.05. The molecule has 0 fully saturated rings. The highest BCUT2D eigenvalue weighted by Gasteiger charge is 2.11. The maximum atomic E-state index is 12.0. The van der Waals surface area contributed by atoms with Crippen LogP contribution in [-0.2, 0) is 9.53 Å². The van der Waals surface area contributed by atoms with Crippen molar-refractivity contribution in [2.75, 3.05) is 11.9 Å². The third-order valence-electron chi connectivity index (χ3n) is 3.33. The topological polar surface area (TPSA) is 84.1 Å². The summed E-state index contributed by atoms with van der Waals surface area (Å²) in [6, 6.07) is 12.3. The molecule has 0 saturated heterocycles. The molecule has 3 aromatic rings. The van der Waals surface area contributed by atoms with Crippen molar-refractivity contribution < 1.29 is 14.3 Å². The molecule has 0 aliphatic rings. The number of aryl methyl sites for hydroxylation is 1. The van der Waals surface area contributed by atoms with Crippen LogP contribution in [0.15, 0.2) is 48.8 Å². The number of amides is 1. The number of benzene rings is 2. The van der Waals surface area contributed by atoms with Crippen molar-refractivity contribution in [1.82, 2.24) is 9.97 Å². The lowest BCUT2D eigenvalue weighted by Gasteiger charge is -2.07. The Hall–Kier alpha value is -3.15. The number of nitrogens with zero attached hydrogens (tertiary/aromatic N) is 1.